The summed E-state index contributed by atoms with van der Waals surface area (Å²) in [5.41, 5.74) is 1.58. The summed E-state index contributed by atoms with van der Waals surface area (Å²) in [6.07, 6.45) is -2.39. The molecule has 2 aromatic rings. The number of phenolic OH excluding ortho intramolecular Hbond substituents is 1. The van der Waals surface area contributed by atoms with E-state index in [0.717, 1.165) is 31.1 Å². The molecule has 4 nitrogen and oxygen atoms in total. The number of rotatable bonds is 7. The number of benzene rings is 1. The van der Waals surface area contributed by atoms with Gasteiger partial charge in [0.25, 0.3) is 0 Å². The Bertz CT molecular complexity index is 864. The number of hydrogen-bond acceptors (Lipinski definition) is 4. The van der Waals surface area contributed by atoms with Crippen molar-refractivity contribution in [2.45, 2.75) is 79.1 Å². The summed E-state index contributed by atoms with van der Waals surface area (Å²) in [6.45, 7) is 14.7. The first-order valence-electron chi connectivity index (χ1n) is 10.5. The fourth-order valence-corrected chi connectivity index (χ4v) is 3.10. The maximum absolute atomic E-state index is 12.9. The van der Waals surface area contributed by atoms with Gasteiger partial charge in [-0.3, -0.25) is 4.98 Å². The highest BCUT2D eigenvalue weighted by atomic mass is 19.4. The van der Waals surface area contributed by atoms with Crippen LogP contribution in [0.25, 0.3) is 11.1 Å². The average molecular weight is 454 g/mol. The fourth-order valence-electron chi connectivity index (χ4n) is 3.10. The number of phenols is 1. The van der Waals surface area contributed by atoms with E-state index in [1.54, 1.807) is 0 Å². The predicted octanol–water partition coefficient (Wildman–Crippen LogP) is 6.27. The van der Waals surface area contributed by atoms with Crippen LogP contribution in [0.3, 0.4) is 0 Å². The Labute approximate surface area is 190 Å². The van der Waals surface area contributed by atoms with Gasteiger partial charge < -0.3 is 15.7 Å². The van der Waals surface area contributed by atoms with E-state index in [1.807, 2.05) is 12.1 Å². The van der Waals surface area contributed by atoms with Gasteiger partial charge in [-0.25, -0.2) is 0 Å². The second kappa shape index (κ2) is 10.7. The second-order valence-corrected chi connectivity index (χ2v) is 9.92. The number of nitrogens with zero attached hydrogens (tertiary/aromatic N) is 1. The van der Waals surface area contributed by atoms with Crippen LogP contribution >= 0.6 is 0 Å². The molecule has 3 N–H and O–H groups in total. The van der Waals surface area contributed by atoms with Crippen molar-refractivity contribution in [3.63, 3.8) is 0 Å². The Kier molecular flexibility index (Phi) is 9.30. The van der Waals surface area contributed by atoms with Gasteiger partial charge in [-0.05, 0) is 63.4 Å². The Hall–Kier alpha value is -2.12. The molecule has 0 amide bonds. The van der Waals surface area contributed by atoms with E-state index in [2.05, 4.69) is 57.2 Å². The Morgan fingerprint density at radius 3 is 2.12 bits per heavy atom. The maximum atomic E-state index is 12.9. The topological polar surface area (TPSA) is 57.2 Å². The average Bonchev–Trinajstić information content (AvgIpc) is 2.63. The number of hydrogen-bond donors (Lipinski definition) is 3. The molecule has 0 aliphatic carbocycles. The predicted molar refractivity (Wildman–Crippen MR) is 126 cm³/mol. The van der Waals surface area contributed by atoms with Crippen LogP contribution in [0.15, 0.2) is 30.5 Å². The minimum absolute atomic E-state index is 0. The number of pyridine rings is 1. The number of halogens is 3. The van der Waals surface area contributed by atoms with Crippen LogP contribution in [0.5, 0.6) is 5.75 Å². The smallest absolute Gasteiger partial charge is 0.433 e. The summed E-state index contributed by atoms with van der Waals surface area (Å²) < 4.78 is 38.6. The molecule has 1 aromatic carbocycles. The summed E-state index contributed by atoms with van der Waals surface area (Å²) in [5, 5.41) is 17.6. The largest absolute Gasteiger partial charge is 0.507 e. The van der Waals surface area contributed by atoms with Crippen molar-refractivity contribution in [2.75, 3.05) is 13.1 Å². The third-order valence-corrected chi connectivity index (χ3v) is 4.92. The molecule has 2 rings (SSSR count). The van der Waals surface area contributed by atoms with E-state index in [0.29, 0.717) is 23.2 Å². The van der Waals surface area contributed by atoms with E-state index in [4.69, 9.17) is 0 Å². The molecule has 0 atom stereocenters. The first-order chi connectivity index (χ1) is 14.2. The molecule has 0 unspecified atom stereocenters. The molecular formula is C25H38F3N3O. The monoisotopic (exact) mass is 453 g/mol. The Morgan fingerprint density at radius 2 is 1.62 bits per heavy atom. The van der Waals surface area contributed by atoms with Gasteiger partial charge in [0, 0.05) is 35.0 Å². The zero-order chi connectivity index (χ0) is 23.4. The molecule has 32 heavy (non-hydrogen) atoms. The number of alkyl halides is 3. The fraction of sp³-hybridized carbons (Fsp3) is 0.560. The normalized spacial score (nSPS) is 12.5. The highest BCUT2D eigenvalue weighted by molar-refractivity contribution is 5.72. The van der Waals surface area contributed by atoms with Gasteiger partial charge in [0.2, 0.25) is 0 Å². The van der Waals surface area contributed by atoms with Crippen molar-refractivity contribution in [2.24, 2.45) is 0 Å². The van der Waals surface area contributed by atoms with Crippen LogP contribution in [-0.2, 0) is 18.1 Å². The van der Waals surface area contributed by atoms with Crippen LogP contribution in [0, 0.1) is 0 Å². The standard InChI is InChI=1S/C24H34F3N3O.CH4/c1-22(2,3)18-12-17(14-28-10-7-11-30-23(4,5)6)21(31)19(13-18)16-8-9-20(29-15-16)24(25,26)27;/h8-9,12-13,15,28,30-31H,7,10-11,14H2,1-6H3;1H4. The quantitative estimate of drug-likeness (QED) is 0.432. The number of aromatic hydroxyl groups is 1. The first-order valence-corrected chi connectivity index (χ1v) is 10.5. The summed E-state index contributed by atoms with van der Waals surface area (Å²) in [5.74, 6) is 0.0647. The van der Waals surface area contributed by atoms with Crippen LogP contribution in [-0.4, -0.2) is 28.7 Å². The Balaban J connectivity index is 0.00000512. The van der Waals surface area contributed by atoms with Crippen molar-refractivity contribution in [1.82, 2.24) is 15.6 Å². The zero-order valence-corrected chi connectivity index (χ0v) is 19.2. The van der Waals surface area contributed by atoms with Crippen molar-refractivity contribution >= 4 is 0 Å². The molecule has 7 heteroatoms. The minimum Gasteiger partial charge on any atom is -0.507 e. The molecule has 0 bridgehead atoms. The van der Waals surface area contributed by atoms with Crippen molar-refractivity contribution < 1.29 is 18.3 Å². The highest BCUT2D eigenvalue weighted by Gasteiger charge is 2.32. The summed E-state index contributed by atoms with van der Waals surface area (Å²) in [6, 6.07) is 6.08. The van der Waals surface area contributed by atoms with E-state index in [1.165, 1.54) is 12.3 Å². The molecular weight excluding hydrogens is 415 g/mol. The van der Waals surface area contributed by atoms with E-state index >= 15 is 0 Å². The van der Waals surface area contributed by atoms with Gasteiger partial charge in [0.15, 0.2) is 0 Å². The molecule has 0 saturated carbocycles. The molecule has 1 aromatic heterocycles. The zero-order valence-electron chi connectivity index (χ0n) is 19.2. The number of aromatic nitrogens is 1. The molecule has 0 aliphatic rings. The highest BCUT2D eigenvalue weighted by Crippen LogP contribution is 2.38. The van der Waals surface area contributed by atoms with Gasteiger partial charge in [-0.1, -0.05) is 40.3 Å². The van der Waals surface area contributed by atoms with Crippen molar-refractivity contribution in [3.8, 4) is 16.9 Å². The lowest BCUT2D eigenvalue weighted by atomic mass is 9.84. The lowest BCUT2D eigenvalue weighted by Crippen LogP contribution is -2.37. The first kappa shape index (κ1) is 27.9. The molecule has 0 spiro atoms. The van der Waals surface area contributed by atoms with Crippen molar-refractivity contribution in [3.05, 3.63) is 47.3 Å². The van der Waals surface area contributed by atoms with E-state index in [9.17, 15) is 18.3 Å². The third kappa shape index (κ3) is 8.10. The summed E-state index contributed by atoms with van der Waals surface area (Å²) in [7, 11) is 0. The molecule has 180 valence electrons. The third-order valence-electron chi connectivity index (χ3n) is 4.92. The van der Waals surface area contributed by atoms with Crippen LogP contribution in [0.2, 0.25) is 0 Å². The molecule has 0 saturated heterocycles. The molecule has 0 fully saturated rings. The summed E-state index contributed by atoms with van der Waals surface area (Å²) in [4.78, 5) is 3.55. The molecule has 0 aliphatic heterocycles. The van der Waals surface area contributed by atoms with E-state index in [-0.39, 0.29) is 24.1 Å². The van der Waals surface area contributed by atoms with Gasteiger partial charge in [0.1, 0.15) is 11.4 Å². The van der Waals surface area contributed by atoms with Crippen LogP contribution < -0.4 is 10.6 Å². The number of nitrogens with one attached hydrogen (secondary N) is 2. The van der Waals surface area contributed by atoms with Gasteiger partial charge >= 0.3 is 6.18 Å². The van der Waals surface area contributed by atoms with Gasteiger partial charge in [0.05, 0.1) is 0 Å². The SMILES string of the molecule is C.CC(C)(C)NCCCNCc1cc(C(C)(C)C)cc(-c2ccc(C(F)(F)F)nc2)c1O. The van der Waals surface area contributed by atoms with Gasteiger partial charge in [-0.2, -0.15) is 13.2 Å². The molecule has 1 heterocycles. The minimum atomic E-state index is -4.50. The van der Waals surface area contributed by atoms with Crippen molar-refractivity contribution in [1.29, 1.82) is 0 Å². The lowest BCUT2D eigenvalue weighted by molar-refractivity contribution is -0.141. The lowest BCUT2D eigenvalue weighted by Gasteiger charge is -2.23. The van der Waals surface area contributed by atoms with Crippen LogP contribution in [0.1, 0.15) is 72.2 Å². The van der Waals surface area contributed by atoms with E-state index < -0.39 is 11.9 Å². The molecule has 0 radical (unpaired) electrons. The van der Waals surface area contributed by atoms with Crippen LogP contribution in [0.4, 0.5) is 13.2 Å². The Morgan fingerprint density at radius 1 is 0.969 bits per heavy atom. The summed E-state index contributed by atoms with van der Waals surface area (Å²) >= 11 is 0. The second-order valence-electron chi connectivity index (χ2n) is 9.92. The van der Waals surface area contributed by atoms with Gasteiger partial charge in [-0.15, -0.1) is 0 Å². The maximum Gasteiger partial charge on any atom is 0.433 e.